The lowest BCUT2D eigenvalue weighted by Gasteiger charge is -2.13. The van der Waals surface area contributed by atoms with Gasteiger partial charge >= 0.3 is 6.03 Å². The van der Waals surface area contributed by atoms with Crippen LogP contribution in [-0.4, -0.2) is 22.4 Å². The Kier molecular flexibility index (Phi) is 4.37. The number of carbonyl (C=O) groups is 3. The van der Waals surface area contributed by atoms with E-state index in [-0.39, 0.29) is 5.57 Å². The van der Waals surface area contributed by atoms with Crippen molar-refractivity contribution in [1.29, 1.82) is 0 Å². The van der Waals surface area contributed by atoms with Crippen LogP contribution >= 0.6 is 15.9 Å². The molecule has 7 heteroatoms. The molecular weight excluding hydrogens is 410 g/mol. The smallest absolute Gasteiger partial charge is 0.328 e. The van der Waals surface area contributed by atoms with Gasteiger partial charge in [-0.1, -0.05) is 52.3 Å². The van der Waals surface area contributed by atoms with Gasteiger partial charge in [0.2, 0.25) is 0 Å². The van der Waals surface area contributed by atoms with Crippen molar-refractivity contribution >= 4 is 50.8 Å². The average molecular weight is 424 g/mol. The molecule has 0 unspecified atom stereocenters. The van der Waals surface area contributed by atoms with E-state index in [0.717, 1.165) is 26.5 Å². The van der Waals surface area contributed by atoms with Crippen LogP contribution in [0.4, 0.5) is 4.79 Å². The number of urea groups is 1. The van der Waals surface area contributed by atoms with E-state index in [1.54, 1.807) is 0 Å². The van der Waals surface area contributed by atoms with Gasteiger partial charge in [0.25, 0.3) is 11.8 Å². The van der Waals surface area contributed by atoms with Crippen molar-refractivity contribution in [2.45, 2.75) is 6.54 Å². The maximum absolute atomic E-state index is 12.0. The van der Waals surface area contributed by atoms with Gasteiger partial charge < -0.3 is 4.57 Å². The Labute approximate surface area is 163 Å². The lowest BCUT2D eigenvalue weighted by atomic mass is 10.1. The highest BCUT2D eigenvalue weighted by atomic mass is 79.9. The van der Waals surface area contributed by atoms with Crippen molar-refractivity contribution in [3.63, 3.8) is 0 Å². The summed E-state index contributed by atoms with van der Waals surface area (Å²) < 4.78 is 3.07. The van der Waals surface area contributed by atoms with Crippen molar-refractivity contribution in [1.82, 2.24) is 15.2 Å². The Morgan fingerprint density at radius 2 is 1.59 bits per heavy atom. The van der Waals surface area contributed by atoms with Crippen molar-refractivity contribution in [2.75, 3.05) is 0 Å². The summed E-state index contributed by atoms with van der Waals surface area (Å²) in [5, 5.41) is 5.09. The number of hydrogen-bond acceptors (Lipinski definition) is 3. The van der Waals surface area contributed by atoms with Crippen molar-refractivity contribution in [2.24, 2.45) is 0 Å². The largest absolute Gasteiger partial charge is 0.342 e. The summed E-state index contributed by atoms with van der Waals surface area (Å²) in [5.74, 6) is -1.40. The van der Waals surface area contributed by atoms with Gasteiger partial charge in [-0.2, -0.15) is 0 Å². The molecule has 0 saturated carbocycles. The Bertz CT molecular complexity index is 1110. The summed E-state index contributed by atoms with van der Waals surface area (Å²) >= 11 is 3.56. The van der Waals surface area contributed by atoms with E-state index in [1.165, 1.54) is 6.08 Å². The molecule has 134 valence electrons. The number of nitrogens with one attached hydrogen (secondary N) is 2. The molecule has 1 aliphatic rings. The average Bonchev–Trinajstić information content (AvgIpc) is 2.98. The second-order valence-corrected chi connectivity index (χ2v) is 6.97. The molecule has 0 atom stereocenters. The van der Waals surface area contributed by atoms with E-state index in [2.05, 4.69) is 31.1 Å². The molecule has 0 aliphatic carbocycles. The van der Waals surface area contributed by atoms with Crippen LogP contribution in [-0.2, 0) is 16.1 Å². The van der Waals surface area contributed by atoms with Crippen LogP contribution in [0.3, 0.4) is 0 Å². The predicted octanol–water partition coefficient (Wildman–Crippen LogP) is 3.20. The highest BCUT2D eigenvalue weighted by Crippen LogP contribution is 2.26. The number of imide groups is 2. The van der Waals surface area contributed by atoms with Gasteiger partial charge in [0.05, 0.1) is 0 Å². The molecule has 4 rings (SSSR count). The van der Waals surface area contributed by atoms with Crippen molar-refractivity contribution in [3.8, 4) is 0 Å². The summed E-state index contributed by atoms with van der Waals surface area (Å²) in [6, 6.07) is 14.9. The fourth-order valence-electron chi connectivity index (χ4n) is 3.09. The SMILES string of the molecule is O=C1NC(=O)C(=Cc2cn(Cc3ccccc3Br)c3ccccc23)C(=O)N1. The van der Waals surface area contributed by atoms with Crippen LogP contribution in [0.1, 0.15) is 11.1 Å². The maximum Gasteiger partial charge on any atom is 0.328 e. The molecule has 0 bridgehead atoms. The minimum Gasteiger partial charge on any atom is -0.342 e. The highest BCUT2D eigenvalue weighted by molar-refractivity contribution is 9.10. The molecule has 0 spiro atoms. The molecule has 2 N–H and O–H groups in total. The van der Waals surface area contributed by atoms with E-state index < -0.39 is 17.8 Å². The minimum absolute atomic E-state index is 0.0987. The zero-order valence-electron chi connectivity index (χ0n) is 14.0. The van der Waals surface area contributed by atoms with Crippen molar-refractivity contribution in [3.05, 3.63) is 75.9 Å². The number of amides is 4. The molecule has 27 heavy (non-hydrogen) atoms. The Morgan fingerprint density at radius 3 is 2.33 bits per heavy atom. The summed E-state index contributed by atoms with van der Waals surface area (Å²) in [6.07, 6.45) is 3.41. The third kappa shape index (κ3) is 3.29. The summed E-state index contributed by atoms with van der Waals surface area (Å²) in [4.78, 5) is 35.3. The first-order chi connectivity index (χ1) is 13.0. The number of hydrogen-bond donors (Lipinski definition) is 2. The molecule has 4 amide bonds. The number of aromatic nitrogens is 1. The maximum atomic E-state index is 12.0. The lowest BCUT2D eigenvalue weighted by Crippen LogP contribution is -2.51. The van der Waals surface area contributed by atoms with E-state index >= 15 is 0 Å². The van der Waals surface area contributed by atoms with Crippen LogP contribution in [0.15, 0.2) is 64.8 Å². The Balaban J connectivity index is 1.80. The molecular formula is C20H14BrN3O3. The zero-order valence-corrected chi connectivity index (χ0v) is 15.6. The van der Waals surface area contributed by atoms with Crippen LogP contribution in [0.25, 0.3) is 17.0 Å². The van der Waals surface area contributed by atoms with Crippen LogP contribution < -0.4 is 10.6 Å². The number of nitrogens with zero attached hydrogens (tertiary/aromatic N) is 1. The first kappa shape index (κ1) is 17.2. The molecule has 2 aromatic carbocycles. The normalized spacial score (nSPS) is 14.3. The van der Waals surface area contributed by atoms with E-state index in [0.29, 0.717) is 6.54 Å². The highest BCUT2D eigenvalue weighted by Gasteiger charge is 2.28. The molecule has 3 aromatic rings. The quantitative estimate of drug-likeness (QED) is 0.501. The van der Waals surface area contributed by atoms with Gasteiger partial charge in [-0.3, -0.25) is 20.2 Å². The second-order valence-electron chi connectivity index (χ2n) is 6.12. The van der Waals surface area contributed by atoms with Crippen LogP contribution in [0, 0.1) is 0 Å². The number of benzene rings is 2. The number of fused-ring (bicyclic) bond motifs is 1. The Morgan fingerprint density at radius 1 is 0.926 bits per heavy atom. The first-order valence-electron chi connectivity index (χ1n) is 8.22. The number of halogens is 1. The van der Waals surface area contributed by atoms with E-state index in [1.807, 2.05) is 54.7 Å². The number of barbiturate groups is 1. The monoisotopic (exact) mass is 423 g/mol. The summed E-state index contributed by atoms with van der Waals surface area (Å²) in [7, 11) is 0. The molecule has 6 nitrogen and oxygen atoms in total. The molecule has 1 fully saturated rings. The molecule has 0 radical (unpaired) electrons. The number of rotatable bonds is 3. The third-order valence-electron chi connectivity index (χ3n) is 4.36. The predicted molar refractivity (Wildman–Crippen MR) is 105 cm³/mol. The van der Waals surface area contributed by atoms with Gasteiger partial charge in [-0.25, -0.2) is 4.79 Å². The topological polar surface area (TPSA) is 80.2 Å². The fraction of sp³-hybridized carbons (Fsp3) is 0.0500. The molecule has 2 heterocycles. The summed E-state index contributed by atoms with van der Waals surface area (Å²) in [6.45, 7) is 0.627. The van der Waals surface area contributed by atoms with Gasteiger partial charge in [0.1, 0.15) is 5.57 Å². The molecule has 1 aliphatic heterocycles. The number of para-hydroxylation sites is 1. The van der Waals surface area contributed by atoms with Crippen LogP contribution in [0.2, 0.25) is 0 Å². The number of carbonyl (C=O) groups excluding carboxylic acids is 3. The fourth-order valence-corrected chi connectivity index (χ4v) is 3.50. The lowest BCUT2D eigenvalue weighted by molar-refractivity contribution is -0.123. The van der Waals surface area contributed by atoms with E-state index in [9.17, 15) is 14.4 Å². The minimum atomic E-state index is -0.807. The Hall–Kier alpha value is -3.19. The van der Waals surface area contributed by atoms with Gasteiger partial charge in [0, 0.05) is 33.7 Å². The molecule has 1 saturated heterocycles. The van der Waals surface area contributed by atoms with Crippen LogP contribution in [0.5, 0.6) is 0 Å². The summed E-state index contributed by atoms with van der Waals surface area (Å²) in [5.41, 5.74) is 2.72. The standard InChI is InChI=1S/C20H14BrN3O3/c21-16-7-3-1-5-12(16)10-24-11-13(14-6-2-4-8-17(14)24)9-15-18(25)22-20(27)23-19(15)26/h1-9,11H,10H2,(H2,22,23,25,26,27). The van der Waals surface area contributed by atoms with Gasteiger partial charge in [-0.05, 0) is 23.8 Å². The van der Waals surface area contributed by atoms with Gasteiger partial charge in [-0.15, -0.1) is 0 Å². The zero-order chi connectivity index (χ0) is 19.0. The van der Waals surface area contributed by atoms with Gasteiger partial charge in [0.15, 0.2) is 0 Å². The third-order valence-corrected chi connectivity index (χ3v) is 5.13. The van der Waals surface area contributed by atoms with E-state index in [4.69, 9.17) is 0 Å². The van der Waals surface area contributed by atoms with Crippen molar-refractivity contribution < 1.29 is 14.4 Å². The molecule has 1 aromatic heterocycles. The first-order valence-corrected chi connectivity index (χ1v) is 9.02. The second kappa shape index (κ2) is 6.85.